The van der Waals surface area contributed by atoms with Crippen molar-refractivity contribution in [1.82, 2.24) is 0 Å². The molecular formula is C24H28N2O3+2. The average Bonchev–Trinajstić information content (AvgIpc) is 2.76. The first-order chi connectivity index (χ1) is 14.3. The third-order valence-corrected chi connectivity index (χ3v) is 5.47. The lowest BCUT2D eigenvalue weighted by atomic mass is 10.2. The van der Waals surface area contributed by atoms with Crippen molar-refractivity contribution < 1.29 is 19.0 Å². The van der Waals surface area contributed by atoms with Gasteiger partial charge < -0.3 is 19.0 Å². The molecule has 0 atom stereocenters. The van der Waals surface area contributed by atoms with Gasteiger partial charge in [-0.1, -0.05) is 60.7 Å². The lowest BCUT2D eigenvalue weighted by molar-refractivity contribution is -1.02. The van der Waals surface area contributed by atoms with E-state index in [4.69, 9.17) is 9.15 Å². The number of rotatable bonds is 7. The zero-order valence-electron chi connectivity index (χ0n) is 16.6. The lowest BCUT2D eigenvalue weighted by Gasteiger charge is -2.29. The number of quaternary nitrogens is 2. The van der Waals surface area contributed by atoms with Gasteiger partial charge in [0.2, 0.25) is 11.2 Å². The Kier molecular flexibility index (Phi) is 6.39. The molecule has 29 heavy (non-hydrogen) atoms. The maximum Gasteiger partial charge on any atom is 0.227 e. The van der Waals surface area contributed by atoms with Gasteiger partial charge in [-0.15, -0.1) is 0 Å². The zero-order chi connectivity index (χ0) is 19.9. The van der Waals surface area contributed by atoms with Crippen molar-refractivity contribution in [3.05, 3.63) is 100 Å². The molecule has 0 saturated carbocycles. The first kappa shape index (κ1) is 19.4. The molecule has 2 aromatic carbocycles. The molecule has 1 saturated heterocycles. The summed E-state index contributed by atoms with van der Waals surface area (Å²) in [5.41, 5.74) is 2.30. The third-order valence-electron chi connectivity index (χ3n) is 5.47. The molecule has 0 unspecified atom stereocenters. The third kappa shape index (κ3) is 5.56. The highest BCUT2D eigenvalue weighted by molar-refractivity contribution is 5.19. The Morgan fingerprint density at radius 2 is 1.38 bits per heavy atom. The Morgan fingerprint density at radius 3 is 2.00 bits per heavy atom. The van der Waals surface area contributed by atoms with Gasteiger partial charge in [0.05, 0.1) is 0 Å². The van der Waals surface area contributed by atoms with Gasteiger partial charge in [-0.05, 0) is 5.56 Å². The molecule has 0 bridgehead atoms. The van der Waals surface area contributed by atoms with Crippen molar-refractivity contribution in [1.29, 1.82) is 0 Å². The second kappa shape index (κ2) is 9.54. The summed E-state index contributed by atoms with van der Waals surface area (Å²) in [4.78, 5) is 15.4. The summed E-state index contributed by atoms with van der Waals surface area (Å²) < 4.78 is 11.3. The van der Waals surface area contributed by atoms with E-state index in [9.17, 15) is 4.79 Å². The van der Waals surface area contributed by atoms with Crippen LogP contribution in [0.2, 0.25) is 0 Å². The van der Waals surface area contributed by atoms with Crippen LogP contribution in [0.4, 0.5) is 0 Å². The number of nitrogens with one attached hydrogen (secondary N) is 2. The van der Waals surface area contributed by atoms with Gasteiger partial charge >= 0.3 is 0 Å². The highest BCUT2D eigenvalue weighted by Crippen LogP contribution is 2.08. The Balaban J connectivity index is 1.27. The van der Waals surface area contributed by atoms with Gasteiger partial charge in [-0.2, -0.15) is 0 Å². The summed E-state index contributed by atoms with van der Waals surface area (Å²) in [6.07, 6.45) is 1.46. The van der Waals surface area contributed by atoms with Gasteiger partial charge in [0, 0.05) is 11.6 Å². The van der Waals surface area contributed by atoms with Crippen molar-refractivity contribution >= 4 is 0 Å². The summed E-state index contributed by atoms with van der Waals surface area (Å²) in [5.74, 6) is 0.994. The second-order valence-corrected chi connectivity index (χ2v) is 7.69. The molecule has 1 aliphatic rings. The molecule has 150 valence electrons. The molecule has 2 N–H and O–H groups in total. The normalized spacial score (nSPS) is 19.0. The maximum atomic E-state index is 12.4. The number of benzene rings is 2. The van der Waals surface area contributed by atoms with Gasteiger partial charge in [0.1, 0.15) is 52.1 Å². The first-order valence-corrected chi connectivity index (χ1v) is 10.3. The van der Waals surface area contributed by atoms with E-state index in [2.05, 4.69) is 30.3 Å². The Bertz CT molecular complexity index is 949. The predicted molar refractivity (Wildman–Crippen MR) is 111 cm³/mol. The number of piperazine rings is 1. The smallest absolute Gasteiger partial charge is 0.227 e. The molecule has 5 nitrogen and oxygen atoms in total. The van der Waals surface area contributed by atoms with E-state index in [0.717, 1.165) is 50.6 Å². The van der Waals surface area contributed by atoms with Crippen molar-refractivity contribution in [2.75, 3.05) is 26.2 Å². The minimum Gasteiger partial charge on any atom is -0.482 e. The molecule has 5 heteroatoms. The Labute approximate surface area is 171 Å². The minimum atomic E-state index is -0.116. The largest absolute Gasteiger partial charge is 0.482 e. The molecule has 4 rings (SSSR count). The van der Waals surface area contributed by atoms with Crippen LogP contribution in [0.5, 0.6) is 5.75 Å². The Morgan fingerprint density at radius 1 is 0.793 bits per heavy atom. The van der Waals surface area contributed by atoms with Crippen LogP contribution < -0.4 is 20.0 Å². The van der Waals surface area contributed by atoms with E-state index < -0.39 is 0 Å². The monoisotopic (exact) mass is 392 g/mol. The van der Waals surface area contributed by atoms with Crippen LogP contribution in [0.15, 0.2) is 82.2 Å². The molecular weight excluding hydrogens is 364 g/mol. The first-order valence-electron chi connectivity index (χ1n) is 10.3. The van der Waals surface area contributed by atoms with Crippen molar-refractivity contribution in [3.63, 3.8) is 0 Å². The second-order valence-electron chi connectivity index (χ2n) is 7.69. The number of hydrogen-bond donors (Lipinski definition) is 2. The van der Waals surface area contributed by atoms with Gasteiger partial charge in [-0.3, -0.25) is 4.79 Å². The predicted octanol–water partition coefficient (Wildman–Crippen LogP) is 0.702. The summed E-state index contributed by atoms with van der Waals surface area (Å²) in [7, 11) is 0. The van der Waals surface area contributed by atoms with E-state index in [-0.39, 0.29) is 11.2 Å². The molecule has 0 aliphatic carbocycles. The van der Waals surface area contributed by atoms with Crippen LogP contribution in [0.25, 0.3) is 0 Å². The fourth-order valence-corrected chi connectivity index (χ4v) is 3.81. The standard InChI is InChI=1S/C24H26N2O3/c27-23-15-22(28-19-24(23)29-18-21-9-5-2-6-10-21)17-26-13-11-25(12-14-26)16-20-7-3-1-4-8-20/h1-10,15,19H,11-14,16-18H2/p+2. The van der Waals surface area contributed by atoms with E-state index in [1.807, 2.05) is 30.3 Å². The topological polar surface area (TPSA) is 48.3 Å². The van der Waals surface area contributed by atoms with E-state index in [1.165, 1.54) is 16.7 Å². The average molecular weight is 392 g/mol. The fourth-order valence-electron chi connectivity index (χ4n) is 3.81. The summed E-state index contributed by atoms with van der Waals surface area (Å²) in [5, 5.41) is 0. The van der Waals surface area contributed by atoms with Gasteiger partial charge in [0.15, 0.2) is 5.76 Å². The van der Waals surface area contributed by atoms with Crippen molar-refractivity contribution in [2.24, 2.45) is 0 Å². The molecule has 0 amide bonds. The van der Waals surface area contributed by atoms with Crippen molar-refractivity contribution in [3.8, 4) is 5.75 Å². The van der Waals surface area contributed by atoms with E-state index in [0.29, 0.717) is 6.61 Å². The van der Waals surface area contributed by atoms with Crippen LogP contribution in [0.1, 0.15) is 16.9 Å². The highest BCUT2D eigenvalue weighted by atomic mass is 16.5. The number of hydrogen-bond acceptors (Lipinski definition) is 3. The highest BCUT2D eigenvalue weighted by Gasteiger charge is 2.24. The van der Waals surface area contributed by atoms with Crippen LogP contribution in [-0.4, -0.2) is 26.2 Å². The molecule has 2 heterocycles. The summed E-state index contributed by atoms with van der Waals surface area (Å²) in [6, 6.07) is 22.0. The zero-order valence-corrected chi connectivity index (χ0v) is 16.6. The van der Waals surface area contributed by atoms with Gasteiger partial charge in [0.25, 0.3) is 0 Å². The maximum absolute atomic E-state index is 12.4. The lowest BCUT2D eigenvalue weighted by Crippen LogP contribution is -3.27. The molecule has 1 aromatic heterocycles. The Hall–Kier alpha value is -2.89. The van der Waals surface area contributed by atoms with E-state index >= 15 is 0 Å². The molecule has 0 spiro atoms. The van der Waals surface area contributed by atoms with Gasteiger partial charge in [-0.25, -0.2) is 0 Å². The fraction of sp³-hybridized carbons (Fsp3) is 0.292. The molecule has 0 radical (unpaired) electrons. The quantitative estimate of drug-likeness (QED) is 0.623. The molecule has 1 fully saturated rings. The molecule has 1 aliphatic heterocycles. The van der Waals surface area contributed by atoms with Crippen LogP contribution >= 0.6 is 0 Å². The minimum absolute atomic E-state index is 0.116. The summed E-state index contributed by atoms with van der Waals surface area (Å²) >= 11 is 0. The number of ether oxygens (including phenoxy) is 1. The summed E-state index contributed by atoms with van der Waals surface area (Å²) in [6.45, 7) is 6.61. The van der Waals surface area contributed by atoms with Crippen LogP contribution in [-0.2, 0) is 19.7 Å². The molecule has 3 aromatic rings. The SMILES string of the molecule is O=c1cc(C[NH+]2CC[NH+](Cc3ccccc3)CC2)occ1OCc1ccccc1. The van der Waals surface area contributed by atoms with Crippen LogP contribution in [0.3, 0.4) is 0 Å². The van der Waals surface area contributed by atoms with Crippen molar-refractivity contribution in [2.45, 2.75) is 19.7 Å². The van der Waals surface area contributed by atoms with E-state index in [1.54, 1.807) is 11.0 Å². The van der Waals surface area contributed by atoms with Crippen LogP contribution in [0, 0.1) is 0 Å².